The molecule has 0 heterocycles. The van der Waals surface area contributed by atoms with Crippen LogP contribution in [0.3, 0.4) is 0 Å². The van der Waals surface area contributed by atoms with E-state index in [-0.39, 0.29) is 13.2 Å². The molecule has 0 amide bonds. The van der Waals surface area contributed by atoms with Gasteiger partial charge in [0, 0.05) is 26.2 Å². The Bertz CT molecular complexity index is 528. The second-order valence-electron chi connectivity index (χ2n) is 5.51. The van der Waals surface area contributed by atoms with Gasteiger partial charge in [0.1, 0.15) is 0 Å². The summed E-state index contributed by atoms with van der Waals surface area (Å²) in [6.07, 6.45) is 0.932. The first-order valence-electron chi connectivity index (χ1n) is 8.13. The Morgan fingerprint density at radius 2 is 1.13 bits per heavy atom. The van der Waals surface area contributed by atoms with E-state index in [1.165, 1.54) is 11.1 Å². The fourth-order valence-corrected chi connectivity index (χ4v) is 2.64. The number of aliphatic hydroxyl groups is 2. The third-order valence-electron chi connectivity index (χ3n) is 3.83. The van der Waals surface area contributed by atoms with Crippen molar-refractivity contribution in [3.8, 4) is 0 Å². The van der Waals surface area contributed by atoms with Crippen LogP contribution >= 0.6 is 0 Å². The molecule has 0 radical (unpaired) electrons. The van der Waals surface area contributed by atoms with E-state index in [4.69, 9.17) is 0 Å². The molecule has 4 nitrogen and oxygen atoms in total. The molecule has 0 fully saturated rings. The lowest BCUT2D eigenvalue weighted by Crippen LogP contribution is -2.46. The molecule has 0 aromatic heterocycles. The highest BCUT2D eigenvalue weighted by Crippen LogP contribution is 2.10. The summed E-state index contributed by atoms with van der Waals surface area (Å²) in [5, 5.41) is 22.9. The average molecular weight is 314 g/mol. The molecule has 0 aliphatic carbocycles. The summed E-state index contributed by atoms with van der Waals surface area (Å²) in [5.41, 5.74) is 2.51. The van der Waals surface area contributed by atoms with E-state index in [2.05, 4.69) is 41.4 Å². The van der Waals surface area contributed by atoms with Crippen molar-refractivity contribution in [2.24, 2.45) is 0 Å². The highest BCUT2D eigenvalue weighted by Gasteiger charge is 2.15. The van der Waals surface area contributed by atoms with E-state index in [9.17, 15) is 10.2 Å². The van der Waals surface area contributed by atoms with Gasteiger partial charge in [-0.15, -0.1) is 0 Å². The zero-order chi connectivity index (χ0) is 16.3. The quantitative estimate of drug-likeness (QED) is 0.658. The number of aliphatic hydroxyl groups excluding tert-OH is 2. The Kier molecular flexibility index (Phi) is 7.77. The number of hydrazine groups is 1. The molecule has 0 aliphatic heterocycles. The number of nitrogens with zero attached hydrogens (tertiary/aromatic N) is 2. The van der Waals surface area contributed by atoms with Crippen molar-refractivity contribution in [3.63, 3.8) is 0 Å². The molecule has 0 spiro atoms. The molecule has 0 saturated carbocycles. The van der Waals surface area contributed by atoms with Crippen molar-refractivity contribution in [2.75, 3.05) is 32.8 Å². The first kappa shape index (κ1) is 17.6. The summed E-state index contributed by atoms with van der Waals surface area (Å²) in [6, 6.07) is 20.7. The van der Waals surface area contributed by atoms with Crippen LogP contribution < -0.4 is 0 Å². The fourth-order valence-electron chi connectivity index (χ4n) is 2.64. The third kappa shape index (κ3) is 6.12. The van der Waals surface area contributed by atoms with Gasteiger partial charge in [0.25, 0.3) is 0 Å². The third-order valence-corrected chi connectivity index (χ3v) is 3.83. The number of hydrogen-bond acceptors (Lipinski definition) is 4. The van der Waals surface area contributed by atoms with E-state index in [0.29, 0.717) is 13.1 Å². The van der Waals surface area contributed by atoms with Crippen LogP contribution in [0.2, 0.25) is 0 Å². The van der Waals surface area contributed by atoms with Crippen LogP contribution in [0.5, 0.6) is 0 Å². The minimum absolute atomic E-state index is 0.0800. The molecule has 0 atom stereocenters. The Balaban J connectivity index is 2.05. The molecule has 4 heteroatoms. The average Bonchev–Trinajstić information content (AvgIpc) is 2.60. The zero-order valence-electron chi connectivity index (χ0n) is 13.5. The lowest BCUT2D eigenvalue weighted by molar-refractivity contribution is -0.0510. The largest absolute Gasteiger partial charge is 0.395 e. The van der Waals surface area contributed by atoms with Crippen LogP contribution in [0.15, 0.2) is 60.7 Å². The molecule has 124 valence electrons. The molecule has 2 aromatic rings. The van der Waals surface area contributed by atoms with Crippen LogP contribution in [0.1, 0.15) is 11.1 Å². The van der Waals surface area contributed by atoms with Gasteiger partial charge in [0.05, 0.1) is 13.2 Å². The summed E-state index contributed by atoms with van der Waals surface area (Å²) in [5.74, 6) is 0. The highest BCUT2D eigenvalue weighted by atomic mass is 16.3. The van der Waals surface area contributed by atoms with Crippen molar-refractivity contribution in [2.45, 2.75) is 13.0 Å². The van der Waals surface area contributed by atoms with Gasteiger partial charge >= 0.3 is 0 Å². The van der Waals surface area contributed by atoms with Crippen molar-refractivity contribution < 1.29 is 10.2 Å². The topological polar surface area (TPSA) is 46.9 Å². The molecule has 0 aliphatic rings. The molecule has 2 rings (SSSR count). The maximum Gasteiger partial charge on any atom is 0.0572 e. The van der Waals surface area contributed by atoms with Crippen molar-refractivity contribution in [1.82, 2.24) is 10.0 Å². The minimum Gasteiger partial charge on any atom is -0.395 e. The summed E-state index contributed by atoms with van der Waals surface area (Å²) < 4.78 is 0. The standard InChI is InChI=1S/C19H26N2O2/c22-15-13-20(14-16-23)21(17-19-9-5-2-6-10-19)12-11-18-7-3-1-4-8-18/h1-10,22-23H,11-17H2. The minimum atomic E-state index is 0.0800. The van der Waals surface area contributed by atoms with Gasteiger partial charge in [0.15, 0.2) is 0 Å². The first-order chi connectivity index (χ1) is 11.3. The molecule has 0 unspecified atom stereocenters. The van der Waals surface area contributed by atoms with Gasteiger partial charge in [-0.3, -0.25) is 0 Å². The first-order valence-corrected chi connectivity index (χ1v) is 8.13. The summed E-state index contributed by atoms with van der Waals surface area (Å²) in [7, 11) is 0. The normalized spacial score (nSPS) is 11.3. The van der Waals surface area contributed by atoms with Crippen LogP contribution in [0, 0.1) is 0 Å². The van der Waals surface area contributed by atoms with E-state index >= 15 is 0 Å². The SMILES string of the molecule is OCCN(CCO)N(CCc1ccccc1)Cc1ccccc1. The van der Waals surface area contributed by atoms with Crippen molar-refractivity contribution >= 4 is 0 Å². The van der Waals surface area contributed by atoms with E-state index in [1.54, 1.807) is 0 Å². The van der Waals surface area contributed by atoms with Crippen LogP contribution in [0.25, 0.3) is 0 Å². The second kappa shape index (κ2) is 10.1. The predicted molar refractivity (Wildman–Crippen MR) is 92.7 cm³/mol. The molecular weight excluding hydrogens is 288 g/mol. The number of rotatable bonds is 10. The lowest BCUT2D eigenvalue weighted by atomic mass is 10.1. The Morgan fingerprint density at radius 3 is 1.65 bits per heavy atom. The van der Waals surface area contributed by atoms with Gasteiger partial charge < -0.3 is 10.2 Å². The predicted octanol–water partition coefficient (Wildman–Crippen LogP) is 1.93. The summed E-state index contributed by atoms with van der Waals surface area (Å²) >= 11 is 0. The molecule has 2 N–H and O–H groups in total. The molecule has 0 bridgehead atoms. The van der Waals surface area contributed by atoms with Crippen molar-refractivity contribution in [3.05, 3.63) is 71.8 Å². The van der Waals surface area contributed by atoms with Gasteiger partial charge in [-0.2, -0.15) is 0 Å². The Labute approximate surface area is 138 Å². The molecule has 23 heavy (non-hydrogen) atoms. The van der Waals surface area contributed by atoms with E-state index < -0.39 is 0 Å². The number of hydrogen-bond donors (Lipinski definition) is 2. The maximum absolute atomic E-state index is 9.31. The van der Waals surface area contributed by atoms with E-state index in [0.717, 1.165) is 19.5 Å². The Morgan fingerprint density at radius 1 is 0.609 bits per heavy atom. The molecular formula is C19H26N2O2. The van der Waals surface area contributed by atoms with Crippen molar-refractivity contribution in [1.29, 1.82) is 0 Å². The monoisotopic (exact) mass is 314 g/mol. The molecule has 0 saturated heterocycles. The van der Waals surface area contributed by atoms with Crippen LogP contribution in [-0.2, 0) is 13.0 Å². The summed E-state index contributed by atoms with van der Waals surface area (Å²) in [4.78, 5) is 0. The van der Waals surface area contributed by atoms with Crippen LogP contribution in [-0.4, -0.2) is 53.1 Å². The van der Waals surface area contributed by atoms with Gasteiger partial charge in [-0.1, -0.05) is 60.7 Å². The molecule has 2 aromatic carbocycles. The smallest absolute Gasteiger partial charge is 0.0572 e. The van der Waals surface area contributed by atoms with Gasteiger partial charge in [0.2, 0.25) is 0 Å². The van der Waals surface area contributed by atoms with Crippen LogP contribution in [0.4, 0.5) is 0 Å². The lowest BCUT2D eigenvalue weighted by Gasteiger charge is -2.34. The summed E-state index contributed by atoms with van der Waals surface area (Å²) in [6.45, 7) is 2.84. The zero-order valence-corrected chi connectivity index (χ0v) is 13.5. The maximum atomic E-state index is 9.31. The number of benzene rings is 2. The highest BCUT2D eigenvalue weighted by molar-refractivity contribution is 5.16. The van der Waals surface area contributed by atoms with Gasteiger partial charge in [-0.25, -0.2) is 10.0 Å². The van der Waals surface area contributed by atoms with Gasteiger partial charge in [-0.05, 0) is 17.5 Å². The second-order valence-corrected chi connectivity index (χ2v) is 5.51. The van der Waals surface area contributed by atoms with E-state index in [1.807, 2.05) is 29.3 Å². The Hall–Kier alpha value is -1.72. The fraction of sp³-hybridized carbons (Fsp3) is 0.368.